The first-order valence-corrected chi connectivity index (χ1v) is 7.65. The van der Waals surface area contributed by atoms with Gasteiger partial charge in [0.05, 0.1) is 5.69 Å². The van der Waals surface area contributed by atoms with E-state index in [1.807, 2.05) is 19.9 Å². The van der Waals surface area contributed by atoms with Crippen LogP contribution in [-0.2, 0) is 13.0 Å². The van der Waals surface area contributed by atoms with Crippen LogP contribution in [0.15, 0.2) is 6.07 Å². The molecule has 0 aliphatic rings. The summed E-state index contributed by atoms with van der Waals surface area (Å²) >= 11 is 3.41. The van der Waals surface area contributed by atoms with E-state index < -0.39 is 0 Å². The molecule has 0 saturated carbocycles. The second-order valence-corrected chi connectivity index (χ2v) is 5.28. The number of carbonyl (C=O) groups is 1. The van der Waals surface area contributed by atoms with E-state index in [0.29, 0.717) is 18.2 Å². The molecule has 0 aliphatic carbocycles. The smallest absolute Gasteiger partial charge is 0.269 e. The normalized spacial score (nSPS) is 12.4. The molecular weight excluding hydrogens is 294 g/mol. The van der Waals surface area contributed by atoms with E-state index in [1.54, 1.807) is 4.68 Å². The van der Waals surface area contributed by atoms with Crippen molar-refractivity contribution in [3.8, 4) is 0 Å². The summed E-state index contributed by atoms with van der Waals surface area (Å²) in [6.07, 6.45) is 1.92. The topological polar surface area (TPSA) is 46.9 Å². The molecule has 102 valence electrons. The van der Waals surface area contributed by atoms with Gasteiger partial charge >= 0.3 is 0 Å². The van der Waals surface area contributed by atoms with Crippen LogP contribution in [0.5, 0.6) is 0 Å². The molecule has 1 unspecified atom stereocenters. The van der Waals surface area contributed by atoms with Gasteiger partial charge in [-0.15, -0.1) is 0 Å². The maximum atomic E-state index is 12.1. The highest BCUT2D eigenvalue weighted by molar-refractivity contribution is 9.09. The van der Waals surface area contributed by atoms with Gasteiger partial charge in [0.15, 0.2) is 0 Å². The molecule has 1 N–H and O–H groups in total. The van der Waals surface area contributed by atoms with Crippen molar-refractivity contribution in [3.05, 3.63) is 17.5 Å². The molecule has 0 fully saturated rings. The average Bonchev–Trinajstić information content (AvgIpc) is 2.79. The standard InChI is InChI=1S/C13H22BrN3O/c1-4-11-8-12(17(5-2)16-11)13(18)15-9-10(3)6-7-14/h8,10H,4-7,9H2,1-3H3,(H,15,18). The third-order valence-corrected chi connectivity index (χ3v) is 3.40. The van der Waals surface area contributed by atoms with Crippen molar-refractivity contribution in [2.24, 2.45) is 5.92 Å². The summed E-state index contributed by atoms with van der Waals surface area (Å²) in [7, 11) is 0. The number of hydrogen-bond acceptors (Lipinski definition) is 2. The second kappa shape index (κ2) is 7.56. The first-order chi connectivity index (χ1) is 8.62. The lowest BCUT2D eigenvalue weighted by Crippen LogP contribution is -2.30. The predicted octanol–water partition coefficient (Wildman–Crippen LogP) is 2.62. The monoisotopic (exact) mass is 315 g/mol. The molecule has 0 radical (unpaired) electrons. The Morgan fingerprint density at radius 3 is 2.83 bits per heavy atom. The van der Waals surface area contributed by atoms with E-state index >= 15 is 0 Å². The molecule has 0 bridgehead atoms. The van der Waals surface area contributed by atoms with Gasteiger partial charge in [0, 0.05) is 18.4 Å². The minimum absolute atomic E-state index is 0.0227. The summed E-state index contributed by atoms with van der Waals surface area (Å²) in [4.78, 5) is 12.1. The van der Waals surface area contributed by atoms with Crippen LogP contribution in [0, 0.1) is 5.92 Å². The van der Waals surface area contributed by atoms with Gasteiger partial charge in [-0.2, -0.15) is 5.10 Å². The maximum Gasteiger partial charge on any atom is 0.269 e. The van der Waals surface area contributed by atoms with Crippen molar-refractivity contribution in [1.29, 1.82) is 0 Å². The van der Waals surface area contributed by atoms with Crippen LogP contribution >= 0.6 is 15.9 Å². The third kappa shape index (κ3) is 4.12. The van der Waals surface area contributed by atoms with Crippen LogP contribution in [0.3, 0.4) is 0 Å². The summed E-state index contributed by atoms with van der Waals surface area (Å²) in [6, 6.07) is 1.88. The highest BCUT2D eigenvalue weighted by Gasteiger charge is 2.14. The van der Waals surface area contributed by atoms with Crippen molar-refractivity contribution < 1.29 is 4.79 Å². The molecule has 5 heteroatoms. The highest BCUT2D eigenvalue weighted by Crippen LogP contribution is 2.07. The Balaban J connectivity index is 2.63. The quantitative estimate of drug-likeness (QED) is 0.786. The maximum absolute atomic E-state index is 12.1. The number of aryl methyl sites for hydroxylation is 2. The van der Waals surface area contributed by atoms with Gasteiger partial charge < -0.3 is 5.32 Å². The number of amides is 1. The molecule has 1 atom stereocenters. The largest absolute Gasteiger partial charge is 0.350 e. The van der Waals surface area contributed by atoms with Gasteiger partial charge in [-0.05, 0) is 31.7 Å². The van der Waals surface area contributed by atoms with Gasteiger partial charge in [-0.3, -0.25) is 9.48 Å². The van der Waals surface area contributed by atoms with Crippen molar-refractivity contribution in [3.63, 3.8) is 0 Å². The first kappa shape index (κ1) is 15.2. The van der Waals surface area contributed by atoms with E-state index in [1.165, 1.54) is 0 Å². The zero-order valence-electron chi connectivity index (χ0n) is 11.4. The second-order valence-electron chi connectivity index (χ2n) is 4.48. The Kier molecular flexibility index (Phi) is 6.39. The Morgan fingerprint density at radius 1 is 1.56 bits per heavy atom. The number of aromatic nitrogens is 2. The lowest BCUT2D eigenvalue weighted by atomic mass is 10.1. The Labute approximate surface area is 117 Å². The molecule has 4 nitrogen and oxygen atoms in total. The molecule has 1 aromatic heterocycles. The van der Waals surface area contributed by atoms with E-state index in [0.717, 1.165) is 30.4 Å². The fourth-order valence-corrected chi connectivity index (χ4v) is 2.49. The molecule has 1 amide bonds. The van der Waals surface area contributed by atoms with Crippen LogP contribution in [-0.4, -0.2) is 27.6 Å². The third-order valence-electron chi connectivity index (χ3n) is 2.94. The van der Waals surface area contributed by atoms with Gasteiger partial charge in [0.25, 0.3) is 5.91 Å². The molecule has 1 heterocycles. The van der Waals surface area contributed by atoms with Gasteiger partial charge in [0.2, 0.25) is 0 Å². The number of rotatable bonds is 7. The molecule has 1 rings (SSSR count). The van der Waals surface area contributed by atoms with Crippen LogP contribution in [0.25, 0.3) is 0 Å². The first-order valence-electron chi connectivity index (χ1n) is 6.53. The molecule has 0 aliphatic heterocycles. The van der Waals surface area contributed by atoms with Crippen molar-refractivity contribution in [2.75, 3.05) is 11.9 Å². The molecule has 0 aromatic carbocycles. The summed E-state index contributed by atoms with van der Waals surface area (Å²) in [5.41, 5.74) is 1.64. The SMILES string of the molecule is CCc1cc(C(=O)NCC(C)CCBr)n(CC)n1. The number of carbonyl (C=O) groups excluding carboxylic acids is 1. The molecular formula is C13H22BrN3O. The van der Waals surface area contributed by atoms with Gasteiger partial charge in [-0.1, -0.05) is 29.8 Å². The van der Waals surface area contributed by atoms with Crippen molar-refractivity contribution in [2.45, 2.75) is 40.2 Å². The predicted molar refractivity (Wildman–Crippen MR) is 77.2 cm³/mol. The van der Waals surface area contributed by atoms with Crippen LogP contribution < -0.4 is 5.32 Å². The minimum Gasteiger partial charge on any atom is -0.350 e. The number of halogens is 1. The van der Waals surface area contributed by atoms with Gasteiger partial charge in [-0.25, -0.2) is 0 Å². The number of nitrogens with one attached hydrogen (secondary N) is 1. The number of hydrogen-bond donors (Lipinski definition) is 1. The average molecular weight is 316 g/mol. The number of alkyl halides is 1. The van der Waals surface area contributed by atoms with E-state index in [9.17, 15) is 4.79 Å². The lowest BCUT2D eigenvalue weighted by molar-refractivity contribution is 0.0937. The van der Waals surface area contributed by atoms with E-state index in [2.05, 4.69) is 33.3 Å². The Bertz CT molecular complexity index is 390. The fraction of sp³-hybridized carbons (Fsp3) is 0.692. The highest BCUT2D eigenvalue weighted by atomic mass is 79.9. The summed E-state index contributed by atoms with van der Waals surface area (Å²) in [5, 5.41) is 8.32. The zero-order valence-corrected chi connectivity index (χ0v) is 13.0. The lowest BCUT2D eigenvalue weighted by Gasteiger charge is -2.11. The Hall–Kier alpha value is -0.840. The summed E-state index contributed by atoms with van der Waals surface area (Å²) in [6.45, 7) is 7.61. The summed E-state index contributed by atoms with van der Waals surface area (Å²) < 4.78 is 1.77. The van der Waals surface area contributed by atoms with E-state index in [4.69, 9.17) is 0 Å². The van der Waals surface area contributed by atoms with E-state index in [-0.39, 0.29) is 5.91 Å². The number of nitrogens with zero attached hydrogens (tertiary/aromatic N) is 2. The molecule has 0 saturated heterocycles. The van der Waals surface area contributed by atoms with Gasteiger partial charge in [0.1, 0.15) is 5.69 Å². The molecule has 1 aromatic rings. The van der Waals surface area contributed by atoms with Crippen LogP contribution in [0.2, 0.25) is 0 Å². The van der Waals surface area contributed by atoms with Crippen LogP contribution in [0.4, 0.5) is 0 Å². The molecule has 0 spiro atoms. The van der Waals surface area contributed by atoms with Crippen LogP contribution in [0.1, 0.15) is 43.4 Å². The summed E-state index contributed by atoms with van der Waals surface area (Å²) in [5.74, 6) is 0.461. The van der Waals surface area contributed by atoms with Crippen molar-refractivity contribution in [1.82, 2.24) is 15.1 Å². The molecule has 18 heavy (non-hydrogen) atoms. The fourth-order valence-electron chi connectivity index (χ4n) is 1.71. The Morgan fingerprint density at radius 2 is 2.28 bits per heavy atom. The van der Waals surface area contributed by atoms with Crippen molar-refractivity contribution >= 4 is 21.8 Å². The minimum atomic E-state index is -0.0227. The zero-order chi connectivity index (χ0) is 13.5.